The molecule has 2 heterocycles. The number of carbonyl (C=O) groups excluding carboxylic acids is 2. The largest absolute Gasteiger partial charge is 0.491 e. The third-order valence-corrected chi connectivity index (χ3v) is 4.16. The highest BCUT2D eigenvalue weighted by atomic mass is 16.5. The molecule has 1 fully saturated rings. The molecule has 26 heavy (non-hydrogen) atoms. The van der Waals surface area contributed by atoms with Gasteiger partial charge in [-0.25, -0.2) is 0 Å². The van der Waals surface area contributed by atoms with Crippen molar-refractivity contribution in [1.82, 2.24) is 9.88 Å². The second kappa shape index (κ2) is 7.99. The van der Waals surface area contributed by atoms with Gasteiger partial charge in [-0.3, -0.25) is 14.6 Å². The van der Waals surface area contributed by atoms with E-state index in [9.17, 15) is 9.59 Å². The van der Waals surface area contributed by atoms with Crippen molar-refractivity contribution in [3.05, 3.63) is 54.4 Å². The maximum Gasteiger partial charge on any atom is 0.229 e. The summed E-state index contributed by atoms with van der Waals surface area (Å²) in [6.45, 7) is 4.77. The van der Waals surface area contributed by atoms with Crippen LogP contribution >= 0.6 is 0 Å². The number of pyridine rings is 1. The SMILES string of the molecule is CC(C)Oc1ccc(NC(=O)C2CC(=O)N(Cc3ccccn3)C2)cc1. The number of rotatable bonds is 6. The normalized spacial score (nSPS) is 16.8. The number of benzene rings is 1. The summed E-state index contributed by atoms with van der Waals surface area (Å²) in [5.41, 5.74) is 1.52. The lowest BCUT2D eigenvalue weighted by atomic mass is 10.1. The number of anilines is 1. The molecule has 6 heteroatoms. The molecular formula is C20H23N3O3. The lowest BCUT2D eigenvalue weighted by molar-refractivity contribution is -0.128. The minimum absolute atomic E-state index is 0.0171. The van der Waals surface area contributed by atoms with E-state index in [4.69, 9.17) is 4.74 Å². The Labute approximate surface area is 153 Å². The zero-order chi connectivity index (χ0) is 18.5. The van der Waals surface area contributed by atoms with E-state index in [1.165, 1.54) is 0 Å². The number of amides is 2. The second-order valence-electron chi connectivity index (χ2n) is 6.68. The van der Waals surface area contributed by atoms with Gasteiger partial charge < -0.3 is 15.0 Å². The van der Waals surface area contributed by atoms with E-state index in [2.05, 4.69) is 10.3 Å². The maximum absolute atomic E-state index is 12.5. The van der Waals surface area contributed by atoms with Gasteiger partial charge in [-0.15, -0.1) is 0 Å². The third kappa shape index (κ3) is 4.59. The van der Waals surface area contributed by atoms with Crippen LogP contribution in [0.3, 0.4) is 0 Å². The first-order valence-corrected chi connectivity index (χ1v) is 8.76. The van der Waals surface area contributed by atoms with Gasteiger partial charge in [-0.05, 0) is 50.2 Å². The lowest BCUT2D eigenvalue weighted by Crippen LogP contribution is -2.28. The minimum atomic E-state index is -0.349. The van der Waals surface area contributed by atoms with Gasteiger partial charge in [0.2, 0.25) is 11.8 Å². The Morgan fingerprint density at radius 3 is 2.69 bits per heavy atom. The Bertz CT molecular complexity index is 760. The Morgan fingerprint density at radius 2 is 2.04 bits per heavy atom. The van der Waals surface area contributed by atoms with Crippen LogP contribution in [0.15, 0.2) is 48.7 Å². The lowest BCUT2D eigenvalue weighted by Gasteiger charge is -2.16. The van der Waals surface area contributed by atoms with Gasteiger partial charge in [0.15, 0.2) is 0 Å². The summed E-state index contributed by atoms with van der Waals surface area (Å²) in [5, 5.41) is 2.88. The van der Waals surface area contributed by atoms with Gasteiger partial charge in [-0.1, -0.05) is 6.07 Å². The number of hydrogen-bond acceptors (Lipinski definition) is 4. The van der Waals surface area contributed by atoms with E-state index in [1.54, 1.807) is 23.2 Å². The van der Waals surface area contributed by atoms with E-state index >= 15 is 0 Å². The summed E-state index contributed by atoms with van der Waals surface area (Å²) in [7, 11) is 0. The molecule has 136 valence electrons. The Hall–Kier alpha value is -2.89. The summed E-state index contributed by atoms with van der Waals surface area (Å²) >= 11 is 0. The highest BCUT2D eigenvalue weighted by Crippen LogP contribution is 2.22. The first kappa shape index (κ1) is 17.9. The first-order chi connectivity index (χ1) is 12.5. The van der Waals surface area contributed by atoms with Crippen molar-refractivity contribution in [2.45, 2.75) is 32.9 Å². The number of carbonyl (C=O) groups is 2. The van der Waals surface area contributed by atoms with Crippen LogP contribution in [-0.2, 0) is 16.1 Å². The standard InChI is InChI=1S/C20H23N3O3/c1-14(2)26-18-8-6-16(7-9-18)22-20(25)15-11-19(24)23(12-15)13-17-5-3-4-10-21-17/h3-10,14-15H,11-13H2,1-2H3,(H,22,25). The van der Waals surface area contributed by atoms with E-state index in [0.717, 1.165) is 11.4 Å². The Morgan fingerprint density at radius 1 is 1.27 bits per heavy atom. The van der Waals surface area contributed by atoms with E-state index in [0.29, 0.717) is 18.8 Å². The molecule has 1 N–H and O–H groups in total. The van der Waals surface area contributed by atoms with E-state index in [-0.39, 0.29) is 30.3 Å². The van der Waals surface area contributed by atoms with Gasteiger partial charge >= 0.3 is 0 Å². The molecule has 1 aliphatic heterocycles. The van der Waals surface area contributed by atoms with E-state index < -0.39 is 0 Å². The summed E-state index contributed by atoms with van der Waals surface area (Å²) < 4.78 is 5.59. The molecule has 0 saturated carbocycles. The molecule has 0 bridgehead atoms. The molecule has 2 aromatic rings. The zero-order valence-electron chi connectivity index (χ0n) is 15.0. The number of hydrogen-bond donors (Lipinski definition) is 1. The number of aromatic nitrogens is 1. The smallest absolute Gasteiger partial charge is 0.229 e. The summed E-state index contributed by atoms with van der Waals surface area (Å²) in [6, 6.07) is 12.9. The van der Waals surface area contributed by atoms with Crippen LogP contribution in [0.25, 0.3) is 0 Å². The van der Waals surface area contributed by atoms with Gasteiger partial charge in [0.25, 0.3) is 0 Å². The predicted molar refractivity (Wildman–Crippen MR) is 98.6 cm³/mol. The fraction of sp³-hybridized carbons (Fsp3) is 0.350. The van der Waals surface area contributed by atoms with Crippen molar-refractivity contribution in [2.75, 3.05) is 11.9 Å². The molecule has 3 rings (SSSR count). The molecule has 1 unspecified atom stereocenters. The summed E-state index contributed by atoms with van der Waals surface area (Å²) in [5.74, 6) is 0.254. The van der Waals surface area contributed by atoms with Crippen LogP contribution in [0.1, 0.15) is 26.0 Å². The number of likely N-dealkylation sites (tertiary alicyclic amines) is 1. The van der Waals surface area contributed by atoms with Crippen molar-refractivity contribution < 1.29 is 14.3 Å². The quantitative estimate of drug-likeness (QED) is 0.867. The molecule has 1 aromatic carbocycles. The third-order valence-electron chi connectivity index (χ3n) is 4.16. The van der Waals surface area contributed by atoms with Gasteiger partial charge in [0.1, 0.15) is 5.75 Å². The molecule has 2 amide bonds. The van der Waals surface area contributed by atoms with Crippen LogP contribution in [0.5, 0.6) is 5.75 Å². The molecule has 0 radical (unpaired) electrons. The average Bonchev–Trinajstić information content (AvgIpc) is 2.98. The minimum Gasteiger partial charge on any atom is -0.491 e. The Balaban J connectivity index is 1.56. The van der Waals surface area contributed by atoms with E-state index in [1.807, 2.05) is 44.2 Å². The summed E-state index contributed by atoms with van der Waals surface area (Å²) in [4.78, 5) is 30.6. The van der Waals surface area contributed by atoms with Crippen molar-refractivity contribution in [3.8, 4) is 5.75 Å². The average molecular weight is 353 g/mol. The van der Waals surface area contributed by atoms with Gasteiger partial charge in [-0.2, -0.15) is 0 Å². The van der Waals surface area contributed by atoms with Gasteiger partial charge in [0.05, 0.1) is 24.3 Å². The Kier molecular flexibility index (Phi) is 5.51. The fourth-order valence-electron chi connectivity index (χ4n) is 2.92. The van der Waals surface area contributed by atoms with Crippen molar-refractivity contribution >= 4 is 17.5 Å². The van der Waals surface area contributed by atoms with Crippen molar-refractivity contribution in [3.63, 3.8) is 0 Å². The molecule has 1 aromatic heterocycles. The highest BCUT2D eigenvalue weighted by molar-refractivity contribution is 5.97. The van der Waals surface area contributed by atoms with Gasteiger partial charge in [0, 0.05) is 24.8 Å². The van der Waals surface area contributed by atoms with Crippen molar-refractivity contribution in [1.29, 1.82) is 0 Å². The number of nitrogens with zero attached hydrogens (tertiary/aromatic N) is 2. The van der Waals surface area contributed by atoms with Crippen LogP contribution < -0.4 is 10.1 Å². The second-order valence-corrected chi connectivity index (χ2v) is 6.68. The molecule has 0 spiro atoms. The molecule has 0 aliphatic carbocycles. The van der Waals surface area contributed by atoms with Crippen molar-refractivity contribution in [2.24, 2.45) is 5.92 Å². The van der Waals surface area contributed by atoms with Crippen LogP contribution in [-0.4, -0.2) is 34.3 Å². The molecule has 6 nitrogen and oxygen atoms in total. The molecule has 1 aliphatic rings. The fourth-order valence-corrected chi connectivity index (χ4v) is 2.92. The molecule has 1 atom stereocenters. The highest BCUT2D eigenvalue weighted by Gasteiger charge is 2.34. The number of ether oxygens (including phenoxy) is 1. The van der Waals surface area contributed by atoms with Crippen LogP contribution in [0.2, 0.25) is 0 Å². The monoisotopic (exact) mass is 353 g/mol. The van der Waals surface area contributed by atoms with Crippen LogP contribution in [0.4, 0.5) is 5.69 Å². The first-order valence-electron chi connectivity index (χ1n) is 8.76. The van der Waals surface area contributed by atoms with Crippen LogP contribution in [0, 0.1) is 5.92 Å². The predicted octanol–water partition coefficient (Wildman–Crippen LogP) is 2.86. The molecule has 1 saturated heterocycles. The molecular weight excluding hydrogens is 330 g/mol. The summed E-state index contributed by atoms with van der Waals surface area (Å²) in [6.07, 6.45) is 2.03. The zero-order valence-corrected chi connectivity index (χ0v) is 15.0. The topological polar surface area (TPSA) is 71.5 Å². The maximum atomic E-state index is 12.5. The number of nitrogens with one attached hydrogen (secondary N) is 1.